The number of hydrogen-bond acceptors (Lipinski definition) is 5. The molecule has 2 atom stereocenters. The number of carbonyl (C=O) groups is 1. The van der Waals surface area contributed by atoms with Crippen LogP contribution in [0, 0.1) is 5.41 Å². The molecule has 0 spiro atoms. The second-order valence-corrected chi connectivity index (χ2v) is 8.68. The van der Waals surface area contributed by atoms with Crippen LogP contribution < -0.4 is 10.6 Å². The van der Waals surface area contributed by atoms with Gasteiger partial charge in [-0.25, -0.2) is 9.78 Å². The number of ether oxygens (including phenoxy) is 1. The van der Waals surface area contributed by atoms with Gasteiger partial charge >= 0.3 is 6.03 Å². The van der Waals surface area contributed by atoms with E-state index in [9.17, 15) is 4.79 Å². The van der Waals surface area contributed by atoms with Crippen molar-refractivity contribution in [2.45, 2.75) is 32.4 Å². The first-order chi connectivity index (χ1) is 13.0. The maximum atomic E-state index is 12.4. The van der Waals surface area contributed by atoms with Gasteiger partial charge in [-0.1, -0.05) is 44.2 Å². The lowest BCUT2D eigenvalue weighted by Gasteiger charge is -2.25. The Labute approximate surface area is 163 Å². The molecule has 6 nitrogen and oxygen atoms in total. The monoisotopic (exact) mass is 386 g/mol. The molecule has 27 heavy (non-hydrogen) atoms. The molecule has 1 aliphatic carbocycles. The number of thiazole rings is 1. The summed E-state index contributed by atoms with van der Waals surface area (Å²) in [6.45, 7) is 8.60. The Bertz CT molecular complexity index is 786. The molecule has 0 bridgehead atoms. The number of anilines is 1. The number of nitrogens with one attached hydrogen (secondary N) is 2. The molecule has 0 unspecified atom stereocenters. The van der Waals surface area contributed by atoms with Crippen molar-refractivity contribution in [2.24, 2.45) is 5.41 Å². The Morgan fingerprint density at radius 1 is 1.30 bits per heavy atom. The van der Waals surface area contributed by atoms with Crippen LogP contribution in [0.4, 0.5) is 9.93 Å². The topological polar surface area (TPSA) is 66.5 Å². The number of urea groups is 1. The molecular weight excluding hydrogens is 360 g/mol. The summed E-state index contributed by atoms with van der Waals surface area (Å²) in [7, 11) is 0. The number of amides is 2. The van der Waals surface area contributed by atoms with Gasteiger partial charge in [0, 0.05) is 37.0 Å². The number of nitrogens with zero attached hydrogens (tertiary/aromatic N) is 2. The van der Waals surface area contributed by atoms with Gasteiger partial charge in [-0.15, -0.1) is 11.3 Å². The zero-order chi connectivity index (χ0) is 18.9. The van der Waals surface area contributed by atoms with Crippen LogP contribution >= 0.6 is 11.3 Å². The van der Waals surface area contributed by atoms with Crippen molar-refractivity contribution in [2.75, 3.05) is 31.6 Å². The van der Waals surface area contributed by atoms with Crippen LogP contribution in [0.25, 0.3) is 0 Å². The number of hydrogen-bond donors (Lipinski definition) is 2. The highest BCUT2D eigenvalue weighted by molar-refractivity contribution is 7.13. The van der Waals surface area contributed by atoms with Gasteiger partial charge in [0.15, 0.2) is 5.13 Å². The maximum Gasteiger partial charge on any atom is 0.321 e. The summed E-state index contributed by atoms with van der Waals surface area (Å²) in [4.78, 5) is 19.3. The maximum absolute atomic E-state index is 12.4. The van der Waals surface area contributed by atoms with Crippen LogP contribution in [0.5, 0.6) is 0 Å². The molecule has 1 aliphatic heterocycles. The van der Waals surface area contributed by atoms with Crippen LogP contribution in [0.3, 0.4) is 0 Å². The predicted octanol–water partition coefficient (Wildman–Crippen LogP) is 3.29. The van der Waals surface area contributed by atoms with E-state index in [1.54, 1.807) is 0 Å². The minimum Gasteiger partial charge on any atom is -0.379 e. The Morgan fingerprint density at radius 2 is 2.04 bits per heavy atom. The molecule has 2 heterocycles. The molecule has 2 N–H and O–H groups in total. The van der Waals surface area contributed by atoms with E-state index in [4.69, 9.17) is 4.74 Å². The lowest BCUT2D eigenvalue weighted by Crippen LogP contribution is -2.35. The highest BCUT2D eigenvalue weighted by atomic mass is 32.1. The Morgan fingerprint density at radius 3 is 2.78 bits per heavy atom. The average molecular weight is 387 g/mol. The Balaban J connectivity index is 1.31. The third-order valence-electron chi connectivity index (χ3n) is 5.53. The number of aromatic nitrogens is 1. The van der Waals surface area contributed by atoms with Gasteiger partial charge < -0.3 is 10.1 Å². The van der Waals surface area contributed by atoms with Gasteiger partial charge in [-0.2, -0.15) is 0 Å². The summed E-state index contributed by atoms with van der Waals surface area (Å²) in [6.07, 6.45) is 0. The normalized spacial score (nSPS) is 24.4. The quantitative estimate of drug-likeness (QED) is 0.828. The number of carbonyl (C=O) groups excluding carboxylic acids is 1. The molecule has 144 valence electrons. The van der Waals surface area contributed by atoms with Gasteiger partial charge in [0.2, 0.25) is 0 Å². The fraction of sp³-hybridized carbons (Fsp3) is 0.500. The van der Waals surface area contributed by atoms with E-state index in [1.807, 2.05) is 23.6 Å². The van der Waals surface area contributed by atoms with Gasteiger partial charge in [0.05, 0.1) is 18.9 Å². The first kappa shape index (κ1) is 18.4. The van der Waals surface area contributed by atoms with Crippen molar-refractivity contribution < 1.29 is 9.53 Å². The van der Waals surface area contributed by atoms with Gasteiger partial charge in [0.25, 0.3) is 0 Å². The third-order valence-corrected chi connectivity index (χ3v) is 6.34. The molecular formula is C20H26N4O2S. The molecule has 2 aromatic rings. The molecule has 7 heteroatoms. The Hall–Kier alpha value is -1.96. The van der Waals surface area contributed by atoms with Crippen LogP contribution in [-0.4, -0.2) is 48.3 Å². The SMILES string of the molecule is CC1(C)[C@@H](NC(=O)Nc2nc(CN3CCOCC3)cs2)[C@@H]1c1ccccc1. The zero-order valence-electron chi connectivity index (χ0n) is 15.8. The van der Waals surface area contributed by atoms with Gasteiger partial charge in [-0.3, -0.25) is 10.2 Å². The van der Waals surface area contributed by atoms with E-state index in [0.29, 0.717) is 11.0 Å². The molecule has 1 saturated carbocycles. The minimum absolute atomic E-state index is 0.0586. The average Bonchev–Trinajstić information content (AvgIpc) is 2.97. The second-order valence-electron chi connectivity index (χ2n) is 7.82. The van der Waals surface area contributed by atoms with Crippen molar-refractivity contribution in [3.63, 3.8) is 0 Å². The molecule has 2 fully saturated rings. The van der Waals surface area contributed by atoms with E-state index in [-0.39, 0.29) is 17.5 Å². The lowest BCUT2D eigenvalue weighted by atomic mass is 10.0. The lowest BCUT2D eigenvalue weighted by molar-refractivity contribution is 0.0337. The van der Waals surface area contributed by atoms with E-state index in [0.717, 1.165) is 38.5 Å². The summed E-state index contributed by atoms with van der Waals surface area (Å²) in [5, 5.41) is 8.67. The summed E-state index contributed by atoms with van der Waals surface area (Å²) in [6, 6.07) is 10.3. The van der Waals surface area contributed by atoms with E-state index in [2.05, 4.69) is 46.5 Å². The van der Waals surface area contributed by atoms with Crippen LogP contribution in [0.1, 0.15) is 31.0 Å². The Kier molecular flexibility index (Phi) is 5.16. The van der Waals surface area contributed by atoms with Crippen molar-refractivity contribution in [3.8, 4) is 0 Å². The van der Waals surface area contributed by atoms with Crippen molar-refractivity contribution >= 4 is 22.5 Å². The zero-order valence-corrected chi connectivity index (χ0v) is 16.6. The molecule has 1 aromatic heterocycles. The smallest absolute Gasteiger partial charge is 0.321 e. The van der Waals surface area contributed by atoms with E-state index < -0.39 is 0 Å². The molecule has 4 rings (SSSR count). The number of morpholine rings is 1. The summed E-state index contributed by atoms with van der Waals surface area (Å²) in [5.41, 5.74) is 2.32. The van der Waals surface area contributed by atoms with E-state index in [1.165, 1.54) is 16.9 Å². The standard InChI is InChI=1S/C20H26N4O2S/c1-20(2)16(14-6-4-3-5-7-14)17(20)22-18(25)23-19-21-15(13-27-19)12-24-8-10-26-11-9-24/h3-7,13,16-17H,8-12H2,1-2H3,(H2,21,22,23,25)/t16-,17-/m0/s1. The molecule has 0 radical (unpaired) electrons. The molecule has 1 aromatic carbocycles. The minimum atomic E-state index is -0.182. The van der Waals surface area contributed by atoms with E-state index >= 15 is 0 Å². The van der Waals surface area contributed by atoms with Gasteiger partial charge in [-0.05, 0) is 11.0 Å². The van der Waals surface area contributed by atoms with Crippen molar-refractivity contribution in [3.05, 3.63) is 47.0 Å². The summed E-state index contributed by atoms with van der Waals surface area (Å²) in [5.74, 6) is 0.345. The van der Waals surface area contributed by atoms with Crippen molar-refractivity contribution in [1.82, 2.24) is 15.2 Å². The fourth-order valence-electron chi connectivity index (χ4n) is 3.89. The molecule has 2 amide bonds. The molecule has 1 saturated heterocycles. The van der Waals surface area contributed by atoms with Crippen LogP contribution in [-0.2, 0) is 11.3 Å². The van der Waals surface area contributed by atoms with Crippen molar-refractivity contribution in [1.29, 1.82) is 0 Å². The van der Waals surface area contributed by atoms with Crippen LogP contribution in [0.2, 0.25) is 0 Å². The number of benzene rings is 1. The summed E-state index contributed by atoms with van der Waals surface area (Å²) >= 11 is 1.47. The predicted molar refractivity (Wildman–Crippen MR) is 107 cm³/mol. The first-order valence-corrected chi connectivity index (χ1v) is 10.3. The largest absolute Gasteiger partial charge is 0.379 e. The molecule has 2 aliphatic rings. The van der Waals surface area contributed by atoms with Gasteiger partial charge in [0.1, 0.15) is 0 Å². The highest BCUT2D eigenvalue weighted by Crippen LogP contribution is 2.58. The third kappa shape index (κ3) is 4.15. The fourth-order valence-corrected chi connectivity index (χ4v) is 4.59. The first-order valence-electron chi connectivity index (χ1n) is 9.41. The number of rotatable bonds is 5. The second kappa shape index (κ2) is 7.58. The highest BCUT2D eigenvalue weighted by Gasteiger charge is 2.59. The van der Waals surface area contributed by atoms with Crippen LogP contribution in [0.15, 0.2) is 35.7 Å². The summed E-state index contributed by atoms with van der Waals surface area (Å²) < 4.78 is 5.37.